The van der Waals surface area contributed by atoms with Crippen molar-refractivity contribution in [2.24, 2.45) is 0 Å². The van der Waals surface area contributed by atoms with Crippen LogP contribution in [0.15, 0.2) is 36.0 Å². The Hall–Kier alpha value is -1.54. The van der Waals surface area contributed by atoms with Gasteiger partial charge in [-0.2, -0.15) is 0 Å². The second-order valence-electron chi connectivity index (χ2n) is 5.31. The summed E-state index contributed by atoms with van der Waals surface area (Å²) < 4.78 is 0. The molecule has 4 rings (SSSR count). The Bertz CT molecular complexity index is 621. The second-order valence-corrected chi connectivity index (χ2v) is 5.31. The van der Waals surface area contributed by atoms with Crippen LogP contribution in [0.2, 0.25) is 0 Å². The number of nitrogens with one attached hydrogen (secondary N) is 2. The van der Waals surface area contributed by atoms with Gasteiger partial charge >= 0.3 is 0 Å². The van der Waals surface area contributed by atoms with Gasteiger partial charge in [0.15, 0.2) is 0 Å². The quantitative estimate of drug-likeness (QED) is 0.662. The van der Waals surface area contributed by atoms with Crippen LogP contribution in [0.25, 0.3) is 10.9 Å². The molecule has 0 spiro atoms. The molecule has 2 aliphatic rings. The molecule has 2 atom stereocenters. The molecule has 0 amide bonds. The van der Waals surface area contributed by atoms with Crippen molar-refractivity contribution in [2.75, 3.05) is 6.54 Å². The highest BCUT2D eigenvalue weighted by Gasteiger charge is 2.31. The Morgan fingerprint density at radius 1 is 1.29 bits per heavy atom. The van der Waals surface area contributed by atoms with Crippen LogP contribution in [0.5, 0.6) is 0 Å². The maximum absolute atomic E-state index is 3.66. The van der Waals surface area contributed by atoms with Gasteiger partial charge in [0, 0.05) is 35.6 Å². The molecule has 1 aromatic carbocycles. The summed E-state index contributed by atoms with van der Waals surface area (Å²) >= 11 is 0. The summed E-state index contributed by atoms with van der Waals surface area (Å²) in [5.41, 5.74) is 5.70. The molecule has 2 aromatic rings. The molecule has 1 aromatic heterocycles. The zero-order valence-corrected chi connectivity index (χ0v) is 9.96. The highest BCUT2D eigenvalue weighted by atomic mass is 14.9. The summed E-state index contributed by atoms with van der Waals surface area (Å²) in [5.74, 6) is 0.552. The van der Waals surface area contributed by atoms with Crippen LogP contribution in [-0.2, 0) is 6.42 Å². The average Bonchev–Trinajstić information content (AvgIpc) is 2.75. The fourth-order valence-corrected chi connectivity index (χ4v) is 3.37. The first kappa shape index (κ1) is 9.49. The van der Waals surface area contributed by atoms with Gasteiger partial charge in [-0.3, -0.25) is 0 Å². The summed E-state index contributed by atoms with van der Waals surface area (Å²) in [7, 11) is 0. The van der Waals surface area contributed by atoms with Gasteiger partial charge in [-0.05, 0) is 30.5 Å². The zero-order chi connectivity index (χ0) is 11.4. The molecule has 2 nitrogen and oxygen atoms in total. The number of aromatic amines is 1. The first-order valence-electron chi connectivity index (χ1n) is 6.32. The zero-order valence-electron chi connectivity index (χ0n) is 9.96. The Labute approximate surface area is 101 Å². The van der Waals surface area contributed by atoms with Crippen molar-refractivity contribution in [2.45, 2.75) is 25.3 Å². The van der Waals surface area contributed by atoms with E-state index in [1.165, 1.54) is 27.6 Å². The van der Waals surface area contributed by atoms with Crippen LogP contribution < -0.4 is 5.32 Å². The minimum absolute atomic E-state index is 0.552. The number of fused-ring (bicyclic) bond motifs is 2. The van der Waals surface area contributed by atoms with Gasteiger partial charge in [0.1, 0.15) is 0 Å². The maximum Gasteiger partial charge on any atom is 0.0459 e. The monoisotopic (exact) mass is 224 g/mol. The van der Waals surface area contributed by atoms with Crippen molar-refractivity contribution >= 4 is 10.9 Å². The van der Waals surface area contributed by atoms with Crippen molar-refractivity contribution in [3.63, 3.8) is 0 Å². The summed E-state index contributed by atoms with van der Waals surface area (Å²) in [6.45, 7) is 3.26. The van der Waals surface area contributed by atoms with E-state index in [-0.39, 0.29) is 0 Å². The molecular weight excluding hydrogens is 208 g/mol. The van der Waals surface area contributed by atoms with E-state index in [0.29, 0.717) is 12.0 Å². The van der Waals surface area contributed by atoms with Gasteiger partial charge < -0.3 is 10.3 Å². The topological polar surface area (TPSA) is 27.8 Å². The van der Waals surface area contributed by atoms with Gasteiger partial charge in [0.05, 0.1) is 0 Å². The third kappa shape index (κ3) is 1.25. The Balaban J connectivity index is 2.01. The smallest absolute Gasteiger partial charge is 0.0459 e. The van der Waals surface area contributed by atoms with Gasteiger partial charge in [-0.1, -0.05) is 23.8 Å². The summed E-state index contributed by atoms with van der Waals surface area (Å²) in [6, 6.07) is 7.20. The summed E-state index contributed by atoms with van der Waals surface area (Å²) in [6.07, 6.45) is 5.77. The Morgan fingerprint density at radius 2 is 2.24 bits per heavy atom. The third-order valence-electron chi connectivity index (χ3n) is 4.16. The number of rotatable bonds is 0. The minimum atomic E-state index is 0.552. The normalized spacial score (nSPS) is 26.8. The summed E-state index contributed by atoms with van der Waals surface area (Å²) in [5, 5.41) is 5.12. The fourth-order valence-electron chi connectivity index (χ4n) is 3.37. The lowest BCUT2D eigenvalue weighted by Crippen LogP contribution is -2.42. The van der Waals surface area contributed by atoms with Gasteiger partial charge in [0.25, 0.3) is 0 Å². The highest BCUT2D eigenvalue weighted by molar-refractivity contribution is 5.88. The first-order chi connectivity index (χ1) is 8.33. The molecule has 0 fully saturated rings. The van der Waals surface area contributed by atoms with E-state index < -0.39 is 0 Å². The highest BCUT2D eigenvalue weighted by Crippen LogP contribution is 2.39. The van der Waals surface area contributed by atoms with Crippen LogP contribution in [0.4, 0.5) is 0 Å². The van der Waals surface area contributed by atoms with E-state index in [2.05, 4.69) is 47.7 Å². The fraction of sp³-hybridized carbons (Fsp3) is 0.333. The minimum Gasteiger partial charge on any atom is -0.361 e. The maximum atomic E-state index is 3.66. The van der Waals surface area contributed by atoms with Crippen LogP contribution in [-0.4, -0.2) is 17.6 Å². The van der Waals surface area contributed by atoms with Crippen molar-refractivity contribution in [1.29, 1.82) is 0 Å². The number of aromatic nitrogens is 1. The molecule has 0 radical (unpaired) electrons. The molecular formula is C15H16N2. The number of H-pyrrole nitrogens is 1. The molecule has 0 saturated heterocycles. The predicted octanol–water partition coefficient (Wildman–Crippen LogP) is 2.73. The van der Waals surface area contributed by atoms with Crippen LogP contribution in [0, 0.1) is 0 Å². The first-order valence-corrected chi connectivity index (χ1v) is 6.32. The third-order valence-corrected chi connectivity index (χ3v) is 4.16. The van der Waals surface area contributed by atoms with E-state index in [0.717, 1.165) is 13.0 Å². The second kappa shape index (κ2) is 3.23. The molecule has 2 unspecified atom stereocenters. The van der Waals surface area contributed by atoms with Crippen LogP contribution in [0.3, 0.4) is 0 Å². The van der Waals surface area contributed by atoms with E-state index >= 15 is 0 Å². The molecule has 17 heavy (non-hydrogen) atoms. The van der Waals surface area contributed by atoms with Crippen molar-refractivity contribution in [3.05, 3.63) is 47.2 Å². The molecule has 86 valence electrons. The van der Waals surface area contributed by atoms with Crippen LogP contribution >= 0.6 is 0 Å². The molecule has 1 aliphatic heterocycles. The van der Waals surface area contributed by atoms with Gasteiger partial charge in [-0.25, -0.2) is 0 Å². The molecule has 2 heterocycles. The standard InChI is InChI=1S/C15H16N2/c1-9-5-12-11-3-2-4-13-15(11)10(8-17-13)6-14(12)16-7-9/h2-5,8,12,14,16-17H,6-7H2,1H3. The van der Waals surface area contributed by atoms with E-state index in [9.17, 15) is 0 Å². The van der Waals surface area contributed by atoms with Gasteiger partial charge in [0.2, 0.25) is 0 Å². The number of hydrogen-bond donors (Lipinski definition) is 2. The number of hydrogen-bond acceptors (Lipinski definition) is 1. The predicted molar refractivity (Wildman–Crippen MR) is 70.3 cm³/mol. The van der Waals surface area contributed by atoms with Gasteiger partial charge in [-0.15, -0.1) is 0 Å². The van der Waals surface area contributed by atoms with Crippen LogP contribution in [0.1, 0.15) is 24.0 Å². The SMILES string of the molecule is CC1=CC2c3cccc4[nH]cc(c34)CC2NC1. The molecule has 2 heteroatoms. The van der Waals surface area contributed by atoms with E-state index in [4.69, 9.17) is 0 Å². The van der Waals surface area contributed by atoms with Crippen molar-refractivity contribution in [1.82, 2.24) is 10.3 Å². The lowest BCUT2D eigenvalue weighted by molar-refractivity contribution is 0.462. The van der Waals surface area contributed by atoms with E-state index in [1.807, 2.05) is 0 Å². The molecule has 2 N–H and O–H groups in total. The number of benzene rings is 1. The Morgan fingerprint density at radius 3 is 3.18 bits per heavy atom. The largest absolute Gasteiger partial charge is 0.361 e. The lowest BCUT2D eigenvalue weighted by Gasteiger charge is -2.35. The van der Waals surface area contributed by atoms with Crippen molar-refractivity contribution < 1.29 is 0 Å². The lowest BCUT2D eigenvalue weighted by atomic mass is 9.78. The molecule has 0 bridgehead atoms. The van der Waals surface area contributed by atoms with E-state index in [1.54, 1.807) is 0 Å². The average molecular weight is 224 g/mol. The molecule has 0 saturated carbocycles. The summed E-state index contributed by atoms with van der Waals surface area (Å²) in [4.78, 5) is 3.39. The molecule has 1 aliphatic carbocycles. The van der Waals surface area contributed by atoms with Crippen molar-refractivity contribution in [3.8, 4) is 0 Å². The Kier molecular flexibility index (Phi) is 1.80.